The number of benzene rings is 2. The molecule has 4 rings (SSSR count). The van der Waals surface area contributed by atoms with E-state index in [1.165, 1.54) is 0 Å². The molecule has 0 radical (unpaired) electrons. The fraction of sp³-hybridized carbons (Fsp3) is 0.433. The number of hydrogen-bond acceptors (Lipinski definition) is 7. The third kappa shape index (κ3) is 8.02. The molecule has 0 saturated heterocycles. The lowest BCUT2D eigenvalue weighted by atomic mass is 9.80. The molecule has 8 nitrogen and oxygen atoms in total. The van der Waals surface area contributed by atoms with E-state index in [4.69, 9.17) is 30.5 Å². The summed E-state index contributed by atoms with van der Waals surface area (Å²) in [5.41, 5.74) is 2.88. The van der Waals surface area contributed by atoms with Gasteiger partial charge in [-0.05, 0) is 77.6 Å². The van der Waals surface area contributed by atoms with E-state index in [1.807, 2.05) is 37.4 Å². The third-order valence-electron chi connectivity index (χ3n) is 8.19. The van der Waals surface area contributed by atoms with Crippen molar-refractivity contribution in [2.45, 2.75) is 77.8 Å². The molecule has 2 N–H and O–H groups in total. The maximum Gasteiger partial charge on any atom is 0.488 e. The SMILES string of the molecule is CC(C)(C)[Si](C)(C)Oc1cccc(B(O)O)c1.Cn1ncc2c(-c3cccc(O[Si](C)(C)C(C)(C)C)c3)nc(Cl)nc21. The van der Waals surface area contributed by atoms with Crippen LogP contribution in [0, 0.1) is 0 Å². The van der Waals surface area contributed by atoms with Gasteiger partial charge in [-0.3, -0.25) is 4.68 Å². The fourth-order valence-corrected chi connectivity index (χ4v) is 5.77. The lowest BCUT2D eigenvalue weighted by molar-refractivity contribution is 0.425. The summed E-state index contributed by atoms with van der Waals surface area (Å²) in [6, 6.07) is 15.0. The van der Waals surface area contributed by atoms with E-state index in [-0.39, 0.29) is 15.4 Å². The highest BCUT2D eigenvalue weighted by Crippen LogP contribution is 2.39. The van der Waals surface area contributed by atoms with Crippen LogP contribution in [0.4, 0.5) is 0 Å². The van der Waals surface area contributed by atoms with Gasteiger partial charge < -0.3 is 18.9 Å². The zero-order chi connectivity index (χ0) is 31.7. The molecular formula is C30H44BClN4O4Si2. The number of halogens is 1. The highest BCUT2D eigenvalue weighted by molar-refractivity contribution is 6.75. The Bertz CT molecular complexity index is 1530. The monoisotopic (exact) mass is 626 g/mol. The van der Waals surface area contributed by atoms with Gasteiger partial charge in [0.2, 0.25) is 21.9 Å². The maximum atomic E-state index is 9.12. The second-order valence-electron chi connectivity index (χ2n) is 13.5. The Kier molecular flexibility index (Phi) is 10.1. The quantitative estimate of drug-likeness (QED) is 0.179. The molecule has 226 valence electrons. The van der Waals surface area contributed by atoms with Gasteiger partial charge in [0.05, 0.1) is 17.3 Å². The smallest absolute Gasteiger partial charge is 0.488 e. The Morgan fingerprint density at radius 1 is 0.810 bits per heavy atom. The molecule has 0 aliphatic heterocycles. The van der Waals surface area contributed by atoms with Crippen molar-refractivity contribution < 1.29 is 18.9 Å². The molecule has 0 amide bonds. The van der Waals surface area contributed by atoms with Crippen LogP contribution in [0.5, 0.6) is 11.5 Å². The average molecular weight is 627 g/mol. The summed E-state index contributed by atoms with van der Waals surface area (Å²) < 4.78 is 14.2. The predicted octanol–water partition coefficient (Wildman–Crippen LogP) is 6.82. The molecule has 0 spiro atoms. The van der Waals surface area contributed by atoms with E-state index in [9.17, 15) is 0 Å². The standard InChI is InChI=1S/C18H23ClN4OSi.C12H21BO3Si/c1-18(2,3)25(5,6)24-13-9-7-8-12(10-13)15-14-11-20-23(4)16(14)22-17(19)21-15;1-12(2,3)17(4,5)16-11-8-6-7-10(9-11)13(14)15/h7-11H,1-6H3;6-9,14-15H,1-5H3. The summed E-state index contributed by atoms with van der Waals surface area (Å²) in [5.74, 6) is 1.57. The van der Waals surface area contributed by atoms with Crippen molar-refractivity contribution in [3.63, 3.8) is 0 Å². The highest BCUT2D eigenvalue weighted by Gasteiger charge is 2.40. The summed E-state index contributed by atoms with van der Waals surface area (Å²) >= 11 is 6.12. The molecule has 4 aromatic rings. The second kappa shape index (κ2) is 12.5. The van der Waals surface area contributed by atoms with Crippen molar-refractivity contribution in [2.75, 3.05) is 0 Å². The molecule has 0 unspecified atom stereocenters. The molecule has 2 aromatic heterocycles. The summed E-state index contributed by atoms with van der Waals surface area (Å²) in [6.07, 6.45) is 1.77. The number of rotatable bonds is 6. The zero-order valence-corrected chi connectivity index (χ0v) is 29.4. The van der Waals surface area contributed by atoms with Crippen LogP contribution in [-0.4, -0.2) is 53.5 Å². The van der Waals surface area contributed by atoms with Gasteiger partial charge in [0.1, 0.15) is 11.5 Å². The molecule has 0 bridgehead atoms. The summed E-state index contributed by atoms with van der Waals surface area (Å²) in [5, 5.41) is 23.8. The summed E-state index contributed by atoms with van der Waals surface area (Å²) in [7, 11) is -3.38. The predicted molar refractivity (Wildman–Crippen MR) is 179 cm³/mol. The third-order valence-corrected chi connectivity index (χ3v) is 17.1. The molecule has 12 heteroatoms. The van der Waals surface area contributed by atoms with Gasteiger partial charge in [0.25, 0.3) is 0 Å². The van der Waals surface area contributed by atoms with E-state index in [1.54, 1.807) is 29.1 Å². The van der Waals surface area contributed by atoms with Crippen LogP contribution in [-0.2, 0) is 7.05 Å². The van der Waals surface area contributed by atoms with Gasteiger partial charge in [-0.15, -0.1) is 0 Å². The average Bonchev–Trinajstić information content (AvgIpc) is 3.22. The van der Waals surface area contributed by atoms with E-state index < -0.39 is 23.8 Å². The molecule has 42 heavy (non-hydrogen) atoms. The van der Waals surface area contributed by atoms with Crippen LogP contribution in [0.1, 0.15) is 41.5 Å². The number of aromatic nitrogens is 4. The molecule has 0 fully saturated rings. The van der Waals surface area contributed by atoms with E-state index >= 15 is 0 Å². The topological polar surface area (TPSA) is 103 Å². The first-order valence-electron chi connectivity index (χ1n) is 14.0. The fourth-order valence-electron chi connectivity index (χ4n) is 3.56. The normalized spacial score (nSPS) is 12.5. The number of hydrogen-bond donors (Lipinski definition) is 2. The second-order valence-corrected chi connectivity index (χ2v) is 23.3. The van der Waals surface area contributed by atoms with Crippen molar-refractivity contribution >= 4 is 51.9 Å². The highest BCUT2D eigenvalue weighted by atomic mass is 35.5. The van der Waals surface area contributed by atoms with E-state index in [0.29, 0.717) is 16.9 Å². The molecule has 0 atom stereocenters. The minimum absolute atomic E-state index is 0.126. The maximum absolute atomic E-state index is 9.12. The molecule has 0 aliphatic rings. The lowest BCUT2D eigenvalue weighted by Crippen LogP contribution is -2.44. The van der Waals surface area contributed by atoms with E-state index in [0.717, 1.165) is 22.4 Å². The number of fused-ring (bicyclic) bond motifs is 1. The van der Waals surface area contributed by atoms with Crippen molar-refractivity contribution in [3.05, 3.63) is 60.0 Å². The first-order valence-corrected chi connectivity index (χ1v) is 20.2. The van der Waals surface area contributed by atoms with Crippen LogP contribution >= 0.6 is 11.6 Å². The lowest BCUT2D eigenvalue weighted by Gasteiger charge is -2.36. The van der Waals surface area contributed by atoms with Gasteiger partial charge >= 0.3 is 7.12 Å². The molecule has 2 heterocycles. The van der Waals surface area contributed by atoms with E-state index in [2.05, 4.69) is 82.8 Å². The van der Waals surface area contributed by atoms with Crippen LogP contribution in [0.15, 0.2) is 54.7 Å². The van der Waals surface area contributed by atoms with Crippen LogP contribution < -0.4 is 14.3 Å². The Hall–Kier alpha value is -2.70. The molecule has 0 aliphatic carbocycles. The van der Waals surface area contributed by atoms with Crippen molar-refractivity contribution in [3.8, 4) is 22.8 Å². The van der Waals surface area contributed by atoms with Crippen molar-refractivity contribution in [1.82, 2.24) is 19.7 Å². The van der Waals surface area contributed by atoms with Gasteiger partial charge in [-0.25, -0.2) is 4.98 Å². The van der Waals surface area contributed by atoms with Crippen molar-refractivity contribution in [2.24, 2.45) is 7.05 Å². The van der Waals surface area contributed by atoms with Crippen LogP contribution in [0.3, 0.4) is 0 Å². The molecule has 0 saturated carbocycles. The van der Waals surface area contributed by atoms with Gasteiger partial charge in [-0.2, -0.15) is 10.1 Å². The minimum Gasteiger partial charge on any atom is -0.544 e. The van der Waals surface area contributed by atoms with Gasteiger partial charge in [0, 0.05) is 12.6 Å². The Labute approximate surface area is 257 Å². The summed E-state index contributed by atoms with van der Waals surface area (Å²) in [4.78, 5) is 8.69. The molecular weight excluding hydrogens is 583 g/mol. The van der Waals surface area contributed by atoms with Crippen LogP contribution in [0.2, 0.25) is 41.5 Å². The number of nitrogens with zero attached hydrogens (tertiary/aromatic N) is 4. The van der Waals surface area contributed by atoms with Gasteiger partial charge in [-0.1, -0.05) is 65.8 Å². The van der Waals surface area contributed by atoms with Gasteiger partial charge in [0.15, 0.2) is 5.65 Å². The zero-order valence-electron chi connectivity index (χ0n) is 26.7. The minimum atomic E-state index is -1.91. The Morgan fingerprint density at radius 2 is 1.33 bits per heavy atom. The van der Waals surface area contributed by atoms with Crippen LogP contribution in [0.25, 0.3) is 22.3 Å². The Morgan fingerprint density at radius 3 is 1.86 bits per heavy atom. The Balaban J connectivity index is 0.000000250. The largest absolute Gasteiger partial charge is 0.544 e. The van der Waals surface area contributed by atoms with Crippen molar-refractivity contribution in [1.29, 1.82) is 0 Å². The summed E-state index contributed by atoms with van der Waals surface area (Å²) in [6.45, 7) is 22.0. The first-order chi connectivity index (χ1) is 19.2. The first kappa shape index (κ1) is 33.8. The molecule has 2 aromatic carbocycles. The number of aryl methyl sites for hydroxylation is 1.